The number of hydrogen-bond donors (Lipinski definition) is 3. The monoisotopic (exact) mass is 286 g/mol. The van der Waals surface area contributed by atoms with E-state index < -0.39 is 0 Å². The van der Waals surface area contributed by atoms with E-state index in [9.17, 15) is 4.79 Å². The standard InChI is InChI=1S/C15H18N4O2/c1-9-3-4-14(21-2)11(5-9)19-15(20)12-6-10-13(7-16-12)18-8-17-10/h3-5,8,12,16H,6-7H2,1-2H3,(H,17,18)(H,19,20). The number of fused-ring (bicyclic) bond motifs is 1. The van der Waals surface area contributed by atoms with Crippen molar-refractivity contribution < 1.29 is 9.53 Å². The van der Waals surface area contributed by atoms with Crippen LogP contribution in [0.2, 0.25) is 0 Å². The lowest BCUT2D eigenvalue weighted by atomic mass is 10.0. The number of amides is 1. The Labute approximate surface area is 122 Å². The van der Waals surface area contributed by atoms with Gasteiger partial charge in [0.05, 0.1) is 36.6 Å². The predicted molar refractivity (Wildman–Crippen MR) is 79.3 cm³/mol. The number of hydrogen-bond acceptors (Lipinski definition) is 4. The molecular formula is C15H18N4O2. The zero-order valence-electron chi connectivity index (χ0n) is 12.1. The zero-order valence-corrected chi connectivity index (χ0v) is 12.1. The summed E-state index contributed by atoms with van der Waals surface area (Å²) in [4.78, 5) is 19.7. The molecule has 2 heterocycles. The molecule has 1 atom stereocenters. The summed E-state index contributed by atoms with van der Waals surface area (Å²) in [5, 5.41) is 6.14. The van der Waals surface area contributed by atoms with Gasteiger partial charge in [-0.3, -0.25) is 10.1 Å². The number of anilines is 1. The van der Waals surface area contributed by atoms with Crippen LogP contribution in [-0.4, -0.2) is 29.0 Å². The van der Waals surface area contributed by atoms with Crippen molar-refractivity contribution in [1.82, 2.24) is 15.3 Å². The first-order valence-electron chi connectivity index (χ1n) is 6.87. The lowest BCUT2D eigenvalue weighted by molar-refractivity contribution is -0.118. The Morgan fingerprint density at radius 1 is 1.48 bits per heavy atom. The van der Waals surface area contributed by atoms with E-state index in [2.05, 4.69) is 20.6 Å². The van der Waals surface area contributed by atoms with Gasteiger partial charge in [-0.05, 0) is 24.6 Å². The Bertz CT molecular complexity index is 665. The van der Waals surface area contributed by atoms with Gasteiger partial charge in [0.1, 0.15) is 5.75 Å². The first-order valence-corrected chi connectivity index (χ1v) is 6.87. The smallest absolute Gasteiger partial charge is 0.242 e. The van der Waals surface area contributed by atoms with Gasteiger partial charge in [0.15, 0.2) is 0 Å². The van der Waals surface area contributed by atoms with E-state index in [-0.39, 0.29) is 11.9 Å². The van der Waals surface area contributed by atoms with Crippen molar-refractivity contribution in [2.45, 2.75) is 25.9 Å². The molecule has 1 aliphatic heterocycles. The van der Waals surface area contributed by atoms with Crippen LogP contribution in [0.5, 0.6) is 5.75 Å². The van der Waals surface area contributed by atoms with Gasteiger partial charge in [-0.25, -0.2) is 4.98 Å². The Morgan fingerprint density at radius 2 is 2.33 bits per heavy atom. The predicted octanol–water partition coefficient (Wildman–Crippen LogP) is 1.38. The van der Waals surface area contributed by atoms with E-state index in [0.717, 1.165) is 17.0 Å². The molecule has 110 valence electrons. The van der Waals surface area contributed by atoms with Crippen molar-refractivity contribution in [2.75, 3.05) is 12.4 Å². The number of nitrogens with zero attached hydrogens (tertiary/aromatic N) is 1. The molecular weight excluding hydrogens is 268 g/mol. The summed E-state index contributed by atoms with van der Waals surface area (Å²) in [7, 11) is 1.59. The minimum absolute atomic E-state index is 0.0763. The minimum atomic E-state index is -0.286. The molecule has 0 spiro atoms. The van der Waals surface area contributed by atoms with E-state index in [4.69, 9.17) is 4.74 Å². The SMILES string of the molecule is COc1ccc(C)cc1NC(=O)C1Cc2nc[nH]c2CN1. The average Bonchev–Trinajstić information content (AvgIpc) is 2.94. The van der Waals surface area contributed by atoms with Crippen molar-refractivity contribution in [2.24, 2.45) is 0 Å². The average molecular weight is 286 g/mol. The highest BCUT2D eigenvalue weighted by molar-refractivity contribution is 5.96. The van der Waals surface area contributed by atoms with Gasteiger partial charge in [-0.2, -0.15) is 0 Å². The van der Waals surface area contributed by atoms with Crippen LogP contribution in [0.4, 0.5) is 5.69 Å². The zero-order chi connectivity index (χ0) is 14.8. The van der Waals surface area contributed by atoms with E-state index in [0.29, 0.717) is 24.4 Å². The lowest BCUT2D eigenvalue weighted by Gasteiger charge is -2.22. The van der Waals surface area contributed by atoms with Gasteiger partial charge in [0, 0.05) is 13.0 Å². The number of nitrogens with one attached hydrogen (secondary N) is 3. The second-order valence-electron chi connectivity index (χ2n) is 5.16. The summed E-state index contributed by atoms with van der Waals surface area (Å²) in [6.45, 7) is 2.60. The van der Waals surface area contributed by atoms with Crippen molar-refractivity contribution >= 4 is 11.6 Å². The highest BCUT2D eigenvalue weighted by atomic mass is 16.5. The number of carbonyl (C=O) groups is 1. The molecule has 1 aromatic carbocycles. The summed E-state index contributed by atoms with van der Waals surface area (Å²) in [6, 6.07) is 5.42. The van der Waals surface area contributed by atoms with Crippen LogP contribution in [0.1, 0.15) is 17.0 Å². The molecule has 1 unspecified atom stereocenters. The second-order valence-corrected chi connectivity index (χ2v) is 5.16. The van der Waals surface area contributed by atoms with Crippen molar-refractivity contribution in [1.29, 1.82) is 0 Å². The minimum Gasteiger partial charge on any atom is -0.495 e. The molecule has 6 nitrogen and oxygen atoms in total. The second kappa shape index (κ2) is 5.57. The number of carbonyl (C=O) groups excluding carboxylic acids is 1. The molecule has 0 fully saturated rings. The Morgan fingerprint density at radius 3 is 3.14 bits per heavy atom. The van der Waals surface area contributed by atoms with Crippen LogP contribution in [0.3, 0.4) is 0 Å². The van der Waals surface area contributed by atoms with Gasteiger partial charge >= 0.3 is 0 Å². The number of methoxy groups -OCH3 is 1. The number of rotatable bonds is 3. The maximum Gasteiger partial charge on any atom is 0.242 e. The number of aromatic amines is 1. The Hall–Kier alpha value is -2.34. The van der Waals surface area contributed by atoms with Gasteiger partial charge in [-0.1, -0.05) is 6.07 Å². The van der Waals surface area contributed by atoms with Crippen LogP contribution in [0.15, 0.2) is 24.5 Å². The van der Waals surface area contributed by atoms with Crippen LogP contribution < -0.4 is 15.4 Å². The van der Waals surface area contributed by atoms with Crippen LogP contribution in [0.25, 0.3) is 0 Å². The fourth-order valence-corrected chi connectivity index (χ4v) is 2.49. The third-order valence-corrected chi connectivity index (χ3v) is 3.66. The van der Waals surface area contributed by atoms with Crippen LogP contribution in [-0.2, 0) is 17.8 Å². The molecule has 1 amide bonds. The van der Waals surface area contributed by atoms with Gasteiger partial charge < -0.3 is 15.0 Å². The maximum atomic E-state index is 12.4. The number of aryl methyl sites for hydroxylation is 1. The fraction of sp³-hybridized carbons (Fsp3) is 0.333. The summed E-state index contributed by atoms with van der Waals surface area (Å²) in [6.07, 6.45) is 2.25. The fourth-order valence-electron chi connectivity index (χ4n) is 2.49. The van der Waals surface area contributed by atoms with Crippen molar-refractivity contribution in [3.05, 3.63) is 41.5 Å². The molecule has 0 aliphatic carbocycles. The summed E-state index contributed by atoms with van der Waals surface area (Å²) >= 11 is 0. The van der Waals surface area contributed by atoms with Crippen LogP contribution >= 0.6 is 0 Å². The first kappa shape index (κ1) is 13.6. The van der Waals surface area contributed by atoms with Gasteiger partial charge in [0.2, 0.25) is 5.91 Å². The van der Waals surface area contributed by atoms with E-state index >= 15 is 0 Å². The van der Waals surface area contributed by atoms with Crippen molar-refractivity contribution in [3.8, 4) is 5.75 Å². The summed E-state index contributed by atoms with van der Waals surface area (Å²) in [5.41, 5.74) is 3.76. The van der Waals surface area contributed by atoms with E-state index in [1.54, 1.807) is 13.4 Å². The highest BCUT2D eigenvalue weighted by Gasteiger charge is 2.26. The highest BCUT2D eigenvalue weighted by Crippen LogP contribution is 2.25. The quantitative estimate of drug-likeness (QED) is 0.796. The molecule has 0 radical (unpaired) electrons. The third-order valence-electron chi connectivity index (χ3n) is 3.66. The molecule has 1 aromatic heterocycles. The number of aromatic nitrogens is 2. The van der Waals surface area contributed by atoms with E-state index in [1.807, 2.05) is 25.1 Å². The van der Waals surface area contributed by atoms with Crippen LogP contribution in [0, 0.1) is 6.92 Å². The molecule has 1 aliphatic rings. The Balaban J connectivity index is 1.74. The molecule has 6 heteroatoms. The molecule has 2 aromatic rings. The maximum absolute atomic E-state index is 12.4. The third kappa shape index (κ3) is 2.75. The van der Waals surface area contributed by atoms with Crippen molar-refractivity contribution in [3.63, 3.8) is 0 Å². The molecule has 0 saturated heterocycles. The molecule has 3 N–H and O–H groups in total. The Kier molecular flexibility index (Phi) is 3.62. The number of ether oxygens (including phenoxy) is 1. The van der Waals surface area contributed by atoms with Gasteiger partial charge in [-0.15, -0.1) is 0 Å². The topological polar surface area (TPSA) is 79.0 Å². The molecule has 0 saturated carbocycles. The largest absolute Gasteiger partial charge is 0.495 e. The molecule has 21 heavy (non-hydrogen) atoms. The summed E-state index contributed by atoms with van der Waals surface area (Å²) in [5.74, 6) is 0.581. The normalized spacial score (nSPS) is 17.1. The summed E-state index contributed by atoms with van der Waals surface area (Å²) < 4.78 is 5.28. The first-order chi connectivity index (χ1) is 10.2. The van der Waals surface area contributed by atoms with Gasteiger partial charge in [0.25, 0.3) is 0 Å². The number of benzene rings is 1. The lowest BCUT2D eigenvalue weighted by Crippen LogP contribution is -2.44. The van der Waals surface area contributed by atoms with E-state index in [1.165, 1.54) is 0 Å². The molecule has 0 bridgehead atoms. The number of H-pyrrole nitrogens is 1. The molecule has 3 rings (SSSR count). The number of imidazole rings is 1.